The molecule has 1 aliphatic carbocycles. The van der Waals surface area contributed by atoms with Crippen molar-refractivity contribution in [2.24, 2.45) is 4.99 Å². The van der Waals surface area contributed by atoms with Crippen LogP contribution in [0.5, 0.6) is 5.75 Å². The molecule has 3 aromatic carbocycles. The van der Waals surface area contributed by atoms with Gasteiger partial charge in [-0.2, -0.15) is 0 Å². The van der Waals surface area contributed by atoms with E-state index in [9.17, 15) is 13.2 Å². The number of nitrogens with one attached hydrogen (secondary N) is 1. The van der Waals surface area contributed by atoms with Gasteiger partial charge < -0.3 is 9.26 Å². The van der Waals surface area contributed by atoms with Gasteiger partial charge in [-0.15, -0.1) is 0 Å². The number of carbonyl (C=O) groups excluding carboxylic acids is 1. The van der Waals surface area contributed by atoms with Crippen LogP contribution >= 0.6 is 0 Å². The van der Waals surface area contributed by atoms with Crippen LogP contribution in [0.1, 0.15) is 74.3 Å². The van der Waals surface area contributed by atoms with Crippen LogP contribution in [0.3, 0.4) is 0 Å². The highest BCUT2D eigenvalue weighted by molar-refractivity contribution is 7.92. The number of aryl methyl sites for hydroxylation is 1. The van der Waals surface area contributed by atoms with Crippen molar-refractivity contribution in [3.05, 3.63) is 95.2 Å². The molecule has 1 amide bonds. The van der Waals surface area contributed by atoms with Gasteiger partial charge >= 0.3 is 0 Å². The summed E-state index contributed by atoms with van der Waals surface area (Å²) in [5.74, 6) is 2.17. The maximum atomic E-state index is 13.8. The van der Waals surface area contributed by atoms with Crippen molar-refractivity contribution in [3.8, 4) is 16.9 Å². The Morgan fingerprint density at radius 3 is 2.41 bits per heavy atom. The topological polar surface area (TPSA) is 114 Å². The molecule has 46 heavy (non-hydrogen) atoms. The lowest BCUT2D eigenvalue weighted by molar-refractivity contribution is -0.131. The molecule has 6 rings (SSSR count). The summed E-state index contributed by atoms with van der Waals surface area (Å²) >= 11 is 0. The Kier molecular flexibility index (Phi) is 8.99. The van der Waals surface area contributed by atoms with Crippen molar-refractivity contribution in [3.63, 3.8) is 0 Å². The van der Waals surface area contributed by atoms with Gasteiger partial charge in [0.15, 0.2) is 5.82 Å². The number of hydrogen-bond acceptors (Lipinski definition) is 7. The molecule has 9 nitrogen and oxygen atoms in total. The number of sulfonamides is 1. The first-order valence-corrected chi connectivity index (χ1v) is 17.4. The Morgan fingerprint density at radius 2 is 1.70 bits per heavy atom. The molecule has 240 valence electrons. The van der Waals surface area contributed by atoms with Gasteiger partial charge in [-0.05, 0) is 56.4 Å². The second kappa shape index (κ2) is 13.1. The van der Waals surface area contributed by atoms with Crippen LogP contribution in [0, 0.1) is 13.8 Å². The fraction of sp³-hybridized carbons (Fsp3) is 0.361. The van der Waals surface area contributed by atoms with Crippen molar-refractivity contribution in [2.45, 2.75) is 89.3 Å². The number of aliphatic imine (C=N–C) groups is 1. The highest BCUT2D eigenvalue weighted by Crippen LogP contribution is 2.41. The molecule has 1 N–H and O–H groups in total. The summed E-state index contributed by atoms with van der Waals surface area (Å²) in [6.07, 6.45) is 6.39. The standard InChI is InChI=1S/C36H40N4O5S/c1-4-5-17-33-37-36(20-11-12-21-36)35(41)40(33)23-28-18-19-29(31(22-28)44-24-27-13-7-6-8-14-27)30-15-9-10-16-32(30)46(42,43)39-34-25(2)26(3)45-38-34/h6-10,13-16,18-19,22H,4-5,11-12,17,20-21,23-24H2,1-3H3,(H,38,39). The van der Waals surface area contributed by atoms with Gasteiger partial charge in [-0.1, -0.05) is 92.0 Å². The number of nitrogens with zero attached hydrogens (tertiary/aromatic N) is 3. The second-order valence-corrected chi connectivity index (χ2v) is 13.8. The Bertz CT molecular complexity index is 1860. The molecule has 0 atom stereocenters. The van der Waals surface area contributed by atoms with E-state index in [4.69, 9.17) is 14.3 Å². The SMILES string of the molecule is CCCCC1=NC2(CCCC2)C(=O)N1Cc1ccc(-c2ccccc2S(=O)(=O)Nc2noc(C)c2C)c(OCc2ccccc2)c1. The molecule has 2 aliphatic rings. The van der Waals surface area contributed by atoms with Crippen LogP contribution in [0.25, 0.3) is 11.1 Å². The zero-order valence-electron chi connectivity index (χ0n) is 26.6. The number of aromatic nitrogens is 1. The first-order valence-electron chi connectivity index (χ1n) is 16.0. The lowest BCUT2D eigenvalue weighted by atomic mass is 9.98. The van der Waals surface area contributed by atoms with E-state index in [-0.39, 0.29) is 23.2 Å². The van der Waals surface area contributed by atoms with E-state index in [1.54, 1.807) is 38.1 Å². The van der Waals surface area contributed by atoms with Crippen LogP contribution in [0.2, 0.25) is 0 Å². The van der Waals surface area contributed by atoms with Gasteiger partial charge in [0.2, 0.25) is 0 Å². The summed E-state index contributed by atoms with van der Waals surface area (Å²) in [6.45, 7) is 6.29. The van der Waals surface area contributed by atoms with Crippen molar-refractivity contribution in [1.29, 1.82) is 0 Å². The highest BCUT2D eigenvalue weighted by atomic mass is 32.2. The fourth-order valence-corrected chi connectivity index (χ4v) is 7.52. The van der Waals surface area contributed by atoms with Gasteiger partial charge in [-0.25, -0.2) is 8.42 Å². The molecular formula is C36H40N4O5S. The van der Waals surface area contributed by atoms with Gasteiger partial charge in [0.1, 0.15) is 29.5 Å². The quantitative estimate of drug-likeness (QED) is 0.171. The third-order valence-corrected chi connectivity index (χ3v) is 10.4. The molecule has 1 saturated carbocycles. The average molecular weight is 641 g/mol. The van der Waals surface area contributed by atoms with Crippen molar-refractivity contribution < 1.29 is 22.5 Å². The molecule has 1 spiro atoms. The van der Waals surface area contributed by atoms with Gasteiger partial charge in [-0.3, -0.25) is 19.4 Å². The molecule has 1 aromatic heterocycles. The van der Waals surface area contributed by atoms with E-state index in [1.165, 1.54) is 0 Å². The largest absolute Gasteiger partial charge is 0.488 e. The monoisotopic (exact) mass is 640 g/mol. The molecule has 0 saturated heterocycles. The van der Waals surface area contributed by atoms with Crippen LogP contribution in [0.15, 0.2) is 87.2 Å². The number of amides is 1. The molecule has 10 heteroatoms. The van der Waals surface area contributed by atoms with Crippen LogP contribution in [-0.2, 0) is 28.0 Å². The minimum atomic E-state index is -4.05. The lowest BCUT2D eigenvalue weighted by Crippen LogP contribution is -2.40. The van der Waals surface area contributed by atoms with E-state index in [0.29, 0.717) is 34.7 Å². The maximum absolute atomic E-state index is 13.8. The summed E-state index contributed by atoms with van der Waals surface area (Å²) in [6, 6.07) is 22.4. The highest BCUT2D eigenvalue weighted by Gasteiger charge is 2.49. The molecule has 1 fully saturated rings. The van der Waals surface area contributed by atoms with Gasteiger partial charge in [0.05, 0.1) is 11.4 Å². The number of anilines is 1. The first kappa shape index (κ1) is 31.5. The van der Waals surface area contributed by atoms with Crippen molar-refractivity contribution >= 4 is 27.6 Å². The Balaban J connectivity index is 1.36. The van der Waals surface area contributed by atoms with Crippen LogP contribution in [-0.4, -0.2) is 35.8 Å². The summed E-state index contributed by atoms with van der Waals surface area (Å²) in [5.41, 5.74) is 2.96. The maximum Gasteiger partial charge on any atom is 0.263 e. The third kappa shape index (κ3) is 6.31. The number of ether oxygens (including phenoxy) is 1. The molecular weight excluding hydrogens is 600 g/mol. The zero-order valence-corrected chi connectivity index (χ0v) is 27.4. The summed E-state index contributed by atoms with van der Waals surface area (Å²) in [7, 11) is -4.05. The normalized spacial score (nSPS) is 15.8. The number of hydrogen-bond donors (Lipinski definition) is 1. The number of amidine groups is 1. The Labute approximate surface area is 270 Å². The van der Waals surface area contributed by atoms with Crippen LogP contribution < -0.4 is 9.46 Å². The molecule has 4 aromatic rings. The van der Waals surface area contributed by atoms with E-state index in [1.807, 2.05) is 53.4 Å². The van der Waals surface area contributed by atoms with E-state index >= 15 is 0 Å². The predicted molar refractivity (Wildman–Crippen MR) is 178 cm³/mol. The molecule has 0 radical (unpaired) electrons. The molecule has 1 aliphatic heterocycles. The Hall–Kier alpha value is -4.44. The second-order valence-electron chi connectivity index (χ2n) is 12.2. The first-order chi connectivity index (χ1) is 22.2. The van der Waals surface area contributed by atoms with E-state index in [0.717, 1.165) is 61.9 Å². The number of rotatable bonds is 12. The minimum absolute atomic E-state index is 0.0826. The number of unbranched alkanes of at least 4 members (excludes halogenated alkanes) is 1. The summed E-state index contributed by atoms with van der Waals surface area (Å²) in [5, 5.41) is 3.89. The summed E-state index contributed by atoms with van der Waals surface area (Å²) < 4.78 is 41.7. The molecule has 0 bridgehead atoms. The van der Waals surface area contributed by atoms with Crippen LogP contribution in [0.4, 0.5) is 5.82 Å². The fourth-order valence-electron chi connectivity index (χ4n) is 6.24. The third-order valence-electron chi connectivity index (χ3n) is 8.96. The van der Waals surface area contributed by atoms with Gasteiger partial charge in [0, 0.05) is 23.1 Å². The zero-order chi connectivity index (χ0) is 32.3. The lowest BCUT2D eigenvalue weighted by Gasteiger charge is -2.23. The number of carbonyl (C=O) groups is 1. The molecule has 0 unspecified atom stereocenters. The number of benzene rings is 3. The smallest absolute Gasteiger partial charge is 0.263 e. The van der Waals surface area contributed by atoms with E-state index in [2.05, 4.69) is 16.8 Å². The predicted octanol–water partition coefficient (Wildman–Crippen LogP) is 7.58. The van der Waals surface area contributed by atoms with Crippen molar-refractivity contribution in [2.75, 3.05) is 4.72 Å². The van der Waals surface area contributed by atoms with Crippen molar-refractivity contribution in [1.82, 2.24) is 10.1 Å². The van der Waals surface area contributed by atoms with E-state index < -0.39 is 15.6 Å². The Morgan fingerprint density at radius 1 is 0.957 bits per heavy atom. The molecule has 2 heterocycles. The van der Waals surface area contributed by atoms with Gasteiger partial charge in [0.25, 0.3) is 15.9 Å². The summed E-state index contributed by atoms with van der Waals surface area (Å²) in [4.78, 5) is 20.8. The minimum Gasteiger partial charge on any atom is -0.488 e. The average Bonchev–Trinajstić information content (AvgIpc) is 3.74.